The van der Waals surface area contributed by atoms with Crippen LogP contribution in [0.3, 0.4) is 0 Å². The summed E-state index contributed by atoms with van der Waals surface area (Å²) in [6.07, 6.45) is 3.41. The largest absolute Gasteiger partial charge is 0.338 e. The molecular weight excluding hydrogens is 306 g/mol. The second kappa shape index (κ2) is 6.96. The van der Waals surface area contributed by atoms with Crippen LogP contribution in [0.1, 0.15) is 11.4 Å². The Morgan fingerprint density at radius 3 is 2.42 bits per heavy atom. The number of piperazine rings is 1. The van der Waals surface area contributed by atoms with E-state index in [9.17, 15) is 4.79 Å². The minimum absolute atomic E-state index is 0.138. The molecular formula is C16H23N7O. The highest BCUT2D eigenvalue weighted by molar-refractivity contribution is 5.91. The van der Waals surface area contributed by atoms with Gasteiger partial charge in [0.15, 0.2) is 0 Å². The number of likely N-dealkylation sites (N-methyl/N-ethyl adjacent to an activating group) is 1. The van der Waals surface area contributed by atoms with Gasteiger partial charge in [0.05, 0.1) is 17.1 Å². The van der Waals surface area contributed by atoms with Crippen LogP contribution in [0, 0.1) is 13.8 Å². The maximum absolute atomic E-state index is 12.2. The lowest BCUT2D eigenvalue weighted by atomic mass is 10.2. The number of carbonyl (C=O) groups excluding carboxylic acids is 1. The third-order valence-electron chi connectivity index (χ3n) is 4.17. The average molecular weight is 329 g/mol. The monoisotopic (exact) mass is 329 g/mol. The SMILES string of the molecule is Cc1nc(N2CCN(C)CC2)nc(C)c1NC(=O)Cn1cccn1. The zero-order valence-corrected chi connectivity index (χ0v) is 14.4. The number of carbonyl (C=O) groups is 1. The molecule has 0 radical (unpaired) electrons. The van der Waals surface area contributed by atoms with E-state index in [1.807, 2.05) is 13.8 Å². The number of aromatic nitrogens is 4. The molecule has 1 amide bonds. The molecule has 0 saturated carbocycles. The third-order valence-corrected chi connectivity index (χ3v) is 4.17. The first kappa shape index (κ1) is 16.4. The number of rotatable bonds is 4. The summed E-state index contributed by atoms with van der Waals surface area (Å²) in [6.45, 7) is 7.82. The summed E-state index contributed by atoms with van der Waals surface area (Å²) in [5.41, 5.74) is 2.25. The van der Waals surface area contributed by atoms with Gasteiger partial charge in [0, 0.05) is 38.6 Å². The Labute approximate surface area is 141 Å². The molecule has 1 aliphatic heterocycles. The molecule has 1 N–H and O–H groups in total. The second-order valence-electron chi connectivity index (χ2n) is 6.11. The maximum atomic E-state index is 12.2. The third kappa shape index (κ3) is 3.70. The Bertz CT molecular complexity index is 682. The molecule has 1 aliphatic rings. The Morgan fingerprint density at radius 1 is 1.17 bits per heavy atom. The van der Waals surface area contributed by atoms with Gasteiger partial charge in [0.2, 0.25) is 11.9 Å². The van der Waals surface area contributed by atoms with Gasteiger partial charge in [-0.2, -0.15) is 5.10 Å². The average Bonchev–Trinajstić information content (AvgIpc) is 3.04. The lowest BCUT2D eigenvalue weighted by Gasteiger charge is -2.32. The van der Waals surface area contributed by atoms with Crippen molar-refractivity contribution in [3.05, 3.63) is 29.8 Å². The van der Waals surface area contributed by atoms with E-state index in [-0.39, 0.29) is 12.5 Å². The molecule has 1 fully saturated rings. The molecule has 2 aromatic rings. The summed E-state index contributed by atoms with van der Waals surface area (Å²) in [4.78, 5) is 25.8. The number of anilines is 2. The van der Waals surface area contributed by atoms with Crippen molar-refractivity contribution in [3.8, 4) is 0 Å². The first-order chi connectivity index (χ1) is 11.5. The van der Waals surface area contributed by atoms with Crippen molar-refractivity contribution >= 4 is 17.5 Å². The van der Waals surface area contributed by atoms with Crippen LogP contribution < -0.4 is 10.2 Å². The number of aryl methyl sites for hydroxylation is 2. The van der Waals surface area contributed by atoms with Crippen molar-refractivity contribution in [3.63, 3.8) is 0 Å². The van der Waals surface area contributed by atoms with Gasteiger partial charge in [0.25, 0.3) is 0 Å². The number of hydrogen-bond donors (Lipinski definition) is 1. The topological polar surface area (TPSA) is 79.2 Å². The molecule has 24 heavy (non-hydrogen) atoms. The fraction of sp³-hybridized carbons (Fsp3) is 0.500. The van der Waals surface area contributed by atoms with Gasteiger partial charge in [-0.05, 0) is 27.0 Å². The molecule has 0 bridgehead atoms. The number of nitrogens with zero attached hydrogens (tertiary/aromatic N) is 6. The van der Waals surface area contributed by atoms with E-state index in [2.05, 4.69) is 37.2 Å². The van der Waals surface area contributed by atoms with Crippen LogP contribution in [0.15, 0.2) is 18.5 Å². The molecule has 8 nitrogen and oxygen atoms in total. The Kier molecular flexibility index (Phi) is 4.75. The summed E-state index contributed by atoms with van der Waals surface area (Å²) in [7, 11) is 2.12. The quantitative estimate of drug-likeness (QED) is 0.889. The van der Waals surface area contributed by atoms with Gasteiger partial charge in [-0.1, -0.05) is 0 Å². The van der Waals surface area contributed by atoms with E-state index in [0.29, 0.717) is 5.69 Å². The van der Waals surface area contributed by atoms with Gasteiger partial charge in [-0.3, -0.25) is 9.48 Å². The fourth-order valence-corrected chi connectivity index (χ4v) is 2.75. The Morgan fingerprint density at radius 2 is 1.83 bits per heavy atom. The molecule has 0 aromatic carbocycles. The molecule has 128 valence electrons. The summed E-state index contributed by atoms with van der Waals surface area (Å²) >= 11 is 0. The summed E-state index contributed by atoms with van der Waals surface area (Å²) < 4.78 is 1.58. The first-order valence-corrected chi connectivity index (χ1v) is 8.09. The lowest BCUT2D eigenvalue weighted by Crippen LogP contribution is -2.45. The van der Waals surface area contributed by atoms with Crippen LogP contribution in [-0.2, 0) is 11.3 Å². The number of amides is 1. The molecule has 0 atom stereocenters. The van der Waals surface area contributed by atoms with E-state index in [1.54, 1.807) is 23.1 Å². The minimum atomic E-state index is -0.138. The van der Waals surface area contributed by atoms with Gasteiger partial charge in [-0.15, -0.1) is 0 Å². The van der Waals surface area contributed by atoms with Gasteiger partial charge >= 0.3 is 0 Å². The smallest absolute Gasteiger partial charge is 0.246 e. The fourth-order valence-electron chi connectivity index (χ4n) is 2.75. The van der Waals surface area contributed by atoms with Crippen LogP contribution in [0.5, 0.6) is 0 Å². The van der Waals surface area contributed by atoms with Crippen LogP contribution in [0.25, 0.3) is 0 Å². The second-order valence-corrected chi connectivity index (χ2v) is 6.11. The highest BCUT2D eigenvalue weighted by Gasteiger charge is 2.19. The van der Waals surface area contributed by atoms with Gasteiger partial charge in [0.1, 0.15) is 6.54 Å². The van der Waals surface area contributed by atoms with E-state index in [1.165, 1.54) is 0 Å². The first-order valence-electron chi connectivity index (χ1n) is 8.09. The number of nitrogens with one attached hydrogen (secondary N) is 1. The highest BCUT2D eigenvalue weighted by atomic mass is 16.2. The molecule has 0 aliphatic carbocycles. The van der Waals surface area contributed by atoms with Crippen molar-refractivity contribution in [2.45, 2.75) is 20.4 Å². The zero-order chi connectivity index (χ0) is 17.1. The summed E-state index contributed by atoms with van der Waals surface area (Å²) in [5, 5.41) is 6.94. The number of hydrogen-bond acceptors (Lipinski definition) is 6. The van der Waals surface area contributed by atoms with Crippen molar-refractivity contribution in [1.29, 1.82) is 0 Å². The lowest BCUT2D eigenvalue weighted by molar-refractivity contribution is -0.116. The minimum Gasteiger partial charge on any atom is -0.338 e. The molecule has 0 unspecified atom stereocenters. The van der Waals surface area contributed by atoms with E-state index < -0.39 is 0 Å². The molecule has 0 spiro atoms. The van der Waals surface area contributed by atoms with E-state index >= 15 is 0 Å². The molecule has 2 aromatic heterocycles. The normalized spacial score (nSPS) is 15.5. The van der Waals surface area contributed by atoms with E-state index in [4.69, 9.17) is 0 Å². The van der Waals surface area contributed by atoms with Crippen molar-refractivity contribution in [2.75, 3.05) is 43.4 Å². The Hall–Kier alpha value is -2.48. The van der Waals surface area contributed by atoms with Crippen molar-refractivity contribution < 1.29 is 4.79 Å². The van der Waals surface area contributed by atoms with Crippen LogP contribution in [0.2, 0.25) is 0 Å². The molecule has 8 heteroatoms. The molecule has 1 saturated heterocycles. The van der Waals surface area contributed by atoms with Crippen LogP contribution in [0.4, 0.5) is 11.6 Å². The van der Waals surface area contributed by atoms with E-state index in [0.717, 1.165) is 43.5 Å². The maximum Gasteiger partial charge on any atom is 0.246 e. The predicted octanol–water partition coefficient (Wildman–Crippen LogP) is 0.680. The summed E-state index contributed by atoms with van der Waals surface area (Å²) in [5.74, 6) is 0.601. The van der Waals surface area contributed by atoms with Crippen LogP contribution >= 0.6 is 0 Å². The van der Waals surface area contributed by atoms with Crippen LogP contribution in [-0.4, -0.2) is 63.8 Å². The van der Waals surface area contributed by atoms with Crippen molar-refractivity contribution in [1.82, 2.24) is 24.6 Å². The Balaban J connectivity index is 1.71. The predicted molar refractivity (Wildman–Crippen MR) is 92.1 cm³/mol. The molecule has 3 heterocycles. The molecule has 3 rings (SSSR count). The standard InChI is InChI=1S/C16H23N7O/c1-12-15(20-14(24)11-23-6-4-5-17-23)13(2)19-16(18-12)22-9-7-21(3)8-10-22/h4-6H,7-11H2,1-3H3,(H,20,24). The zero-order valence-electron chi connectivity index (χ0n) is 14.4. The van der Waals surface area contributed by atoms with Gasteiger partial charge in [-0.25, -0.2) is 9.97 Å². The highest BCUT2D eigenvalue weighted by Crippen LogP contribution is 2.21. The van der Waals surface area contributed by atoms with Gasteiger partial charge < -0.3 is 15.1 Å². The summed E-state index contributed by atoms with van der Waals surface area (Å²) in [6, 6.07) is 1.79. The van der Waals surface area contributed by atoms with Crippen molar-refractivity contribution in [2.24, 2.45) is 0 Å².